The van der Waals surface area contributed by atoms with Gasteiger partial charge in [0, 0.05) is 31.6 Å². The topological polar surface area (TPSA) is 44.4 Å². The lowest BCUT2D eigenvalue weighted by Crippen LogP contribution is -2.54. The Hall–Kier alpha value is -1.55. The molecule has 3 rings (SSSR count). The molecule has 4 heteroatoms. The Balaban J connectivity index is 1.54. The first-order valence-corrected chi connectivity index (χ1v) is 8.05. The number of nitrogens with zero attached hydrogens (tertiary/aromatic N) is 1. The lowest BCUT2D eigenvalue weighted by molar-refractivity contribution is 0.0813. The zero-order valence-corrected chi connectivity index (χ0v) is 12.6. The zero-order chi connectivity index (χ0) is 14.5. The number of carbonyl (C=O) groups excluding carboxylic acids is 1. The Morgan fingerprint density at radius 3 is 2.81 bits per heavy atom. The van der Waals surface area contributed by atoms with Crippen LogP contribution in [0.2, 0.25) is 0 Å². The summed E-state index contributed by atoms with van der Waals surface area (Å²) in [6, 6.07) is 10.2. The predicted octanol–water partition coefficient (Wildman–Crippen LogP) is 2.36. The molecule has 0 saturated carbocycles. The average Bonchev–Trinajstić information content (AvgIpc) is 2.54. The largest absolute Gasteiger partial charge is 0.334 e. The van der Waals surface area contributed by atoms with Gasteiger partial charge in [-0.15, -0.1) is 0 Å². The highest BCUT2D eigenvalue weighted by Crippen LogP contribution is 2.35. The van der Waals surface area contributed by atoms with Crippen LogP contribution in [0, 0.1) is 5.41 Å². The first kappa shape index (κ1) is 14.4. The number of nitrogens with one attached hydrogen (secondary N) is 2. The highest BCUT2D eigenvalue weighted by Gasteiger charge is 2.37. The Morgan fingerprint density at radius 1 is 1.24 bits per heavy atom. The number of hydrogen-bond acceptors (Lipinski definition) is 2. The third-order valence-corrected chi connectivity index (χ3v) is 4.80. The standard InChI is InChI=1S/C17H25N3O/c21-16(19-12-15-6-2-1-3-7-15)20-11-5-9-17(14-20)8-4-10-18-13-17/h1-3,6-7,18H,4-5,8-14H2,(H,19,21). The van der Waals surface area contributed by atoms with Gasteiger partial charge < -0.3 is 15.5 Å². The van der Waals surface area contributed by atoms with Gasteiger partial charge in [0.1, 0.15) is 0 Å². The van der Waals surface area contributed by atoms with E-state index >= 15 is 0 Å². The van der Waals surface area contributed by atoms with Crippen molar-refractivity contribution in [3.63, 3.8) is 0 Å². The number of rotatable bonds is 2. The van der Waals surface area contributed by atoms with Gasteiger partial charge in [0.2, 0.25) is 0 Å². The molecule has 0 aliphatic carbocycles. The van der Waals surface area contributed by atoms with Crippen LogP contribution in [-0.2, 0) is 6.54 Å². The zero-order valence-electron chi connectivity index (χ0n) is 12.6. The molecule has 0 aromatic heterocycles. The van der Waals surface area contributed by atoms with Crippen molar-refractivity contribution in [2.45, 2.75) is 32.2 Å². The van der Waals surface area contributed by atoms with Crippen LogP contribution in [0.5, 0.6) is 0 Å². The van der Waals surface area contributed by atoms with Crippen molar-refractivity contribution in [1.29, 1.82) is 0 Å². The molecule has 2 amide bonds. The number of benzene rings is 1. The first-order chi connectivity index (χ1) is 10.3. The van der Waals surface area contributed by atoms with Gasteiger partial charge in [-0.25, -0.2) is 4.79 Å². The van der Waals surface area contributed by atoms with E-state index in [1.54, 1.807) is 0 Å². The second-order valence-electron chi connectivity index (χ2n) is 6.45. The summed E-state index contributed by atoms with van der Waals surface area (Å²) < 4.78 is 0. The van der Waals surface area contributed by atoms with Crippen molar-refractivity contribution in [3.05, 3.63) is 35.9 Å². The smallest absolute Gasteiger partial charge is 0.317 e. The van der Waals surface area contributed by atoms with Crippen LogP contribution in [0.4, 0.5) is 4.79 Å². The monoisotopic (exact) mass is 287 g/mol. The van der Waals surface area contributed by atoms with Crippen LogP contribution in [0.3, 0.4) is 0 Å². The first-order valence-electron chi connectivity index (χ1n) is 8.05. The maximum atomic E-state index is 12.4. The van der Waals surface area contributed by atoms with Crippen molar-refractivity contribution in [2.24, 2.45) is 5.41 Å². The minimum absolute atomic E-state index is 0.0866. The molecule has 114 valence electrons. The molecule has 1 aromatic rings. The maximum Gasteiger partial charge on any atom is 0.317 e. The maximum absolute atomic E-state index is 12.4. The summed E-state index contributed by atoms with van der Waals surface area (Å²) in [4.78, 5) is 14.4. The fourth-order valence-electron chi connectivity index (χ4n) is 3.65. The second-order valence-corrected chi connectivity index (χ2v) is 6.45. The fourth-order valence-corrected chi connectivity index (χ4v) is 3.65. The Morgan fingerprint density at radius 2 is 2.05 bits per heavy atom. The molecule has 0 bridgehead atoms. The van der Waals surface area contributed by atoms with Crippen LogP contribution in [0.25, 0.3) is 0 Å². The Bertz CT molecular complexity index is 463. The van der Waals surface area contributed by atoms with Gasteiger partial charge in [0.05, 0.1) is 0 Å². The molecule has 2 heterocycles. The molecule has 1 spiro atoms. The van der Waals surface area contributed by atoms with E-state index in [2.05, 4.69) is 10.6 Å². The molecule has 1 atom stereocenters. The van der Waals surface area contributed by atoms with Gasteiger partial charge in [-0.1, -0.05) is 30.3 Å². The van der Waals surface area contributed by atoms with E-state index in [4.69, 9.17) is 0 Å². The summed E-state index contributed by atoms with van der Waals surface area (Å²) in [5.74, 6) is 0. The van der Waals surface area contributed by atoms with E-state index in [1.165, 1.54) is 19.3 Å². The molecule has 4 nitrogen and oxygen atoms in total. The number of amides is 2. The Labute approximate surface area is 126 Å². The van der Waals surface area contributed by atoms with Crippen LogP contribution in [0.1, 0.15) is 31.2 Å². The normalized spacial score (nSPS) is 25.8. The number of hydrogen-bond donors (Lipinski definition) is 2. The minimum Gasteiger partial charge on any atom is -0.334 e. The molecule has 21 heavy (non-hydrogen) atoms. The van der Waals surface area contributed by atoms with Crippen molar-refractivity contribution >= 4 is 6.03 Å². The van der Waals surface area contributed by atoms with Crippen LogP contribution in [-0.4, -0.2) is 37.1 Å². The molecular formula is C17H25N3O. The van der Waals surface area contributed by atoms with E-state index in [0.717, 1.165) is 38.2 Å². The van der Waals surface area contributed by atoms with E-state index in [9.17, 15) is 4.79 Å². The molecule has 0 radical (unpaired) electrons. The molecule has 2 saturated heterocycles. The van der Waals surface area contributed by atoms with Gasteiger partial charge in [0.15, 0.2) is 0 Å². The summed E-state index contributed by atoms with van der Waals surface area (Å²) in [5.41, 5.74) is 1.47. The van der Waals surface area contributed by atoms with Gasteiger partial charge in [0.25, 0.3) is 0 Å². The van der Waals surface area contributed by atoms with Crippen molar-refractivity contribution in [2.75, 3.05) is 26.2 Å². The van der Waals surface area contributed by atoms with Crippen molar-refractivity contribution in [1.82, 2.24) is 15.5 Å². The molecular weight excluding hydrogens is 262 g/mol. The number of piperidine rings is 2. The van der Waals surface area contributed by atoms with Gasteiger partial charge in [-0.3, -0.25) is 0 Å². The molecule has 2 aliphatic rings. The average molecular weight is 287 g/mol. The van der Waals surface area contributed by atoms with Gasteiger partial charge in [-0.05, 0) is 37.8 Å². The molecule has 2 aliphatic heterocycles. The predicted molar refractivity (Wildman–Crippen MR) is 84.0 cm³/mol. The summed E-state index contributed by atoms with van der Waals surface area (Å²) in [6.07, 6.45) is 4.87. The number of urea groups is 1. The number of carbonyl (C=O) groups is 1. The quantitative estimate of drug-likeness (QED) is 0.877. The fraction of sp³-hybridized carbons (Fsp3) is 0.588. The third-order valence-electron chi connectivity index (χ3n) is 4.80. The van der Waals surface area contributed by atoms with Crippen LogP contribution in [0.15, 0.2) is 30.3 Å². The van der Waals surface area contributed by atoms with E-state index in [1.807, 2.05) is 35.2 Å². The molecule has 2 N–H and O–H groups in total. The summed E-state index contributed by atoms with van der Waals surface area (Å²) in [6.45, 7) is 4.60. The van der Waals surface area contributed by atoms with E-state index < -0.39 is 0 Å². The lowest BCUT2D eigenvalue weighted by Gasteiger charge is -2.45. The summed E-state index contributed by atoms with van der Waals surface area (Å²) in [7, 11) is 0. The van der Waals surface area contributed by atoms with Gasteiger partial charge in [-0.2, -0.15) is 0 Å². The van der Waals surface area contributed by atoms with Gasteiger partial charge >= 0.3 is 6.03 Å². The molecule has 2 fully saturated rings. The van der Waals surface area contributed by atoms with Crippen LogP contribution < -0.4 is 10.6 Å². The van der Waals surface area contributed by atoms with E-state index in [-0.39, 0.29) is 6.03 Å². The Kier molecular flexibility index (Phi) is 4.44. The van der Waals surface area contributed by atoms with Crippen molar-refractivity contribution in [3.8, 4) is 0 Å². The van der Waals surface area contributed by atoms with Crippen molar-refractivity contribution < 1.29 is 4.79 Å². The summed E-state index contributed by atoms with van der Waals surface area (Å²) >= 11 is 0. The lowest BCUT2D eigenvalue weighted by atomic mass is 9.74. The number of likely N-dealkylation sites (tertiary alicyclic amines) is 1. The third kappa shape index (κ3) is 3.56. The summed E-state index contributed by atoms with van der Waals surface area (Å²) in [5, 5.41) is 6.56. The van der Waals surface area contributed by atoms with Crippen LogP contribution >= 0.6 is 0 Å². The highest BCUT2D eigenvalue weighted by molar-refractivity contribution is 5.74. The SMILES string of the molecule is O=C(NCc1ccccc1)N1CCCC2(CCCNC2)C1. The molecule has 1 unspecified atom stereocenters. The highest BCUT2D eigenvalue weighted by atomic mass is 16.2. The second kappa shape index (κ2) is 6.48. The minimum atomic E-state index is 0.0866. The molecule has 1 aromatic carbocycles. The van der Waals surface area contributed by atoms with E-state index in [0.29, 0.717) is 12.0 Å².